The second kappa shape index (κ2) is 9.85. The van der Waals surface area contributed by atoms with Crippen molar-refractivity contribution in [2.45, 2.75) is 11.8 Å². The van der Waals surface area contributed by atoms with Gasteiger partial charge < -0.3 is 10.1 Å². The molecule has 0 saturated carbocycles. The van der Waals surface area contributed by atoms with Crippen LogP contribution in [0.5, 0.6) is 5.75 Å². The number of anilines is 1. The van der Waals surface area contributed by atoms with Crippen molar-refractivity contribution in [3.63, 3.8) is 0 Å². The fourth-order valence-electron chi connectivity index (χ4n) is 2.82. The van der Waals surface area contributed by atoms with E-state index in [1.807, 2.05) is 19.1 Å². The van der Waals surface area contributed by atoms with Crippen LogP contribution in [0.2, 0.25) is 5.02 Å². The smallest absolute Gasteiger partial charge is 0.264 e. The number of nitrogens with zero attached hydrogens (tertiary/aromatic N) is 1. The van der Waals surface area contributed by atoms with Crippen molar-refractivity contribution in [2.75, 3.05) is 24.5 Å². The lowest BCUT2D eigenvalue weighted by molar-refractivity contribution is 0.0947. The second-order valence-corrected chi connectivity index (χ2v) is 9.24. The third-order valence-electron chi connectivity index (χ3n) is 4.65. The van der Waals surface area contributed by atoms with Gasteiger partial charge in [0.15, 0.2) is 0 Å². The van der Waals surface area contributed by atoms with Crippen LogP contribution in [0.15, 0.2) is 77.7 Å². The van der Waals surface area contributed by atoms with Gasteiger partial charge in [0.25, 0.3) is 15.9 Å². The molecular weight excluding hydrogens is 436 g/mol. The van der Waals surface area contributed by atoms with Gasteiger partial charge in [-0.15, -0.1) is 0 Å². The standard InChI is InChI=1S/C23H23ClN2O4S/c1-17-7-13-20(14-8-17)31(28,29)26(2)19-11-9-18(10-12-19)23(27)25-15-16-30-22-6-4-3-5-21(22)24/h3-14H,15-16H2,1-2H3,(H,25,27). The fraction of sp³-hybridized carbons (Fsp3) is 0.174. The molecule has 0 aliphatic heterocycles. The summed E-state index contributed by atoms with van der Waals surface area (Å²) in [5.41, 5.74) is 1.86. The molecule has 0 fully saturated rings. The Hall–Kier alpha value is -3.03. The number of aryl methyl sites for hydroxylation is 1. The molecule has 8 heteroatoms. The highest BCUT2D eigenvalue weighted by molar-refractivity contribution is 7.92. The highest BCUT2D eigenvalue weighted by atomic mass is 35.5. The van der Waals surface area contributed by atoms with Gasteiger partial charge in [-0.1, -0.05) is 41.4 Å². The number of sulfonamides is 1. The Morgan fingerprint density at radius 1 is 1.00 bits per heavy atom. The van der Waals surface area contributed by atoms with Crippen LogP contribution in [-0.4, -0.2) is 34.5 Å². The zero-order valence-electron chi connectivity index (χ0n) is 17.2. The molecule has 31 heavy (non-hydrogen) atoms. The predicted octanol–water partition coefficient (Wildman–Crippen LogP) is 4.28. The van der Waals surface area contributed by atoms with Crippen LogP contribution in [-0.2, 0) is 10.0 Å². The van der Waals surface area contributed by atoms with Crippen LogP contribution in [0, 0.1) is 6.92 Å². The van der Waals surface area contributed by atoms with Crippen molar-refractivity contribution < 1.29 is 17.9 Å². The van der Waals surface area contributed by atoms with Crippen molar-refractivity contribution in [1.29, 1.82) is 0 Å². The molecule has 3 rings (SSSR count). The topological polar surface area (TPSA) is 75.7 Å². The van der Waals surface area contributed by atoms with Crippen molar-refractivity contribution in [3.8, 4) is 5.75 Å². The van der Waals surface area contributed by atoms with E-state index >= 15 is 0 Å². The zero-order valence-corrected chi connectivity index (χ0v) is 18.8. The molecule has 0 radical (unpaired) electrons. The number of ether oxygens (including phenoxy) is 1. The molecule has 3 aromatic carbocycles. The van der Waals surface area contributed by atoms with Gasteiger partial charge in [-0.25, -0.2) is 8.42 Å². The number of carbonyl (C=O) groups excluding carboxylic acids is 1. The van der Waals surface area contributed by atoms with E-state index in [4.69, 9.17) is 16.3 Å². The van der Waals surface area contributed by atoms with Crippen LogP contribution in [0.4, 0.5) is 5.69 Å². The quantitative estimate of drug-likeness (QED) is 0.511. The van der Waals surface area contributed by atoms with Crippen molar-refractivity contribution in [2.24, 2.45) is 0 Å². The summed E-state index contributed by atoms with van der Waals surface area (Å²) < 4.78 is 32.3. The number of carbonyl (C=O) groups is 1. The maximum atomic E-state index is 12.8. The fourth-order valence-corrected chi connectivity index (χ4v) is 4.21. The number of halogens is 1. The lowest BCUT2D eigenvalue weighted by Crippen LogP contribution is -2.28. The van der Waals surface area contributed by atoms with Gasteiger partial charge in [0.1, 0.15) is 12.4 Å². The average molecular weight is 459 g/mol. The summed E-state index contributed by atoms with van der Waals surface area (Å²) >= 11 is 6.02. The summed E-state index contributed by atoms with van der Waals surface area (Å²) in [7, 11) is -2.20. The summed E-state index contributed by atoms with van der Waals surface area (Å²) in [5.74, 6) is 0.277. The largest absolute Gasteiger partial charge is 0.490 e. The number of hydrogen-bond donors (Lipinski definition) is 1. The Morgan fingerprint density at radius 2 is 1.65 bits per heavy atom. The van der Waals surface area contributed by atoms with E-state index in [1.54, 1.807) is 60.7 Å². The van der Waals surface area contributed by atoms with E-state index in [0.29, 0.717) is 28.6 Å². The zero-order chi connectivity index (χ0) is 22.4. The van der Waals surface area contributed by atoms with Crippen molar-refractivity contribution in [3.05, 3.63) is 88.9 Å². The Morgan fingerprint density at radius 3 is 2.29 bits per heavy atom. The van der Waals surface area contributed by atoms with Gasteiger partial charge in [-0.2, -0.15) is 0 Å². The molecule has 6 nitrogen and oxygen atoms in total. The first-order chi connectivity index (χ1) is 14.8. The Labute approximate surface area is 187 Å². The highest BCUT2D eigenvalue weighted by Gasteiger charge is 2.21. The molecule has 0 aliphatic carbocycles. The molecule has 0 bridgehead atoms. The van der Waals surface area contributed by atoms with E-state index in [0.717, 1.165) is 5.56 Å². The van der Waals surface area contributed by atoms with Crippen LogP contribution < -0.4 is 14.4 Å². The summed E-state index contributed by atoms with van der Waals surface area (Å²) in [5, 5.41) is 3.27. The molecule has 1 amide bonds. The van der Waals surface area contributed by atoms with Crippen LogP contribution >= 0.6 is 11.6 Å². The van der Waals surface area contributed by atoms with Crippen LogP contribution in [0.25, 0.3) is 0 Å². The summed E-state index contributed by atoms with van der Waals surface area (Å²) in [6.45, 7) is 2.46. The van der Waals surface area contributed by atoms with Crippen molar-refractivity contribution >= 4 is 33.2 Å². The van der Waals surface area contributed by atoms with Crippen LogP contribution in [0.3, 0.4) is 0 Å². The first-order valence-electron chi connectivity index (χ1n) is 9.60. The lowest BCUT2D eigenvalue weighted by Gasteiger charge is -2.20. The minimum absolute atomic E-state index is 0.209. The van der Waals surface area contributed by atoms with Gasteiger partial charge >= 0.3 is 0 Å². The lowest BCUT2D eigenvalue weighted by atomic mass is 10.2. The molecule has 1 N–H and O–H groups in total. The summed E-state index contributed by atoms with van der Waals surface area (Å²) in [4.78, 5) is 12.5. The van der Waals surface area contributed by atoms with E-state index < -0.39 is 10.0 Å². The van der Waals surface area contributed by atoms with Gasteiger partial charge in [0, 0.05) is 12.6 Å². The molecule has 0 aliphatic rings. The van der Waals surface area contributed by atoms with Gasteiger partial charge in [-0.05, 0) is 55.5 Å². The second-order valence-electron chi connectivity index (χ2n) is 6.87. The monoisotopic (exact) mass is 458 g/mol. The molecule has 0 heterocycles. The summed E-state index contributed by atoms with van der Waals surface area (Å²) in [6, 6.07) is 20.1. The minimum Gasteiger partial charge on any atom is -0.490 e. The number of amides is 1. The van der Waals surface area contributed by atoms with E-state index in [2.05, 4.69) is 5.32 Å². The van der Waals surface area contributed by atoms with E-state index in [-0.39, 0.29) is 17.4 Å². The molecule has 162 valence electrons. The molecule has 0 spiro atoms. The SMILES string of the molecule is Cc1ccc(S(=O)(=O)N(C)c2ccc(C(=O)NCCOc3ccccc3Cl)cc2)cc1. The number of benzene rings is 3. The molecule has 0 atom stereocenters. The normalized spacial score (nSPS) is 11.1. The van der Waals surface area contributed by atoms with E-state index in [1.165, 1.54) is 11.4 Å². The Kier molecular flexibility index (Phi) is 7.20. The first-order valence-corrected chi connectivity index (χ1v) is 11.4. The molecule has 0 aromatic heterocycles. The van der Waals surface area contributed by atoms with Gasteiger partial charge in [0.2, 0.25) is 0 Å². The third kappa shape index (κ3) is 5.57. The molecular formula is C23H23ClN2O4S. The number of para-hydroxylation sites is 1. The van der Waals surface area contributed by atoms with Gasteiger partial charge in [0.05, 0.1) is 22.2 Å². The Balaban J connectivity index is 1.58. The molecule has 0 saturated heterocycles. The molecule has 3 aromatic rings. The number of rotatable bonds is 8. The first kappa shape index (κ1) is 22.7. The maximum Gasteiger partial charge on any atom is 0.264 e. The predicted molar refractivity (Wildman–Crippen MR) is 122 cm³/mol. The number of hydrogen-bond acceptors (Lipinski definition) is 4. The summed E-state index contributed by atoms with van der Waals surface area (Å²) in [6.07, 6.45) is 0. The molecule has 0 unspecified atom stereocenters. The van der Waals surface area contributed by atoms with Crippen LogP contribution in [0.1, 0.15) is 15.9 Å². The van der Waals surface area contributed by atoms with Crippen molar-refractivity contribution in [1.82, 2.24) is 5.32 Å². The minimum atomic E-state index is -3.68. The maximum absolute atomic E-state index is 12.8. The third-order valence-corrected chi connectivity index (χ3v) is 6.77. The van der Waals surface area contributed by atoms with E-state index in [9.17, 15) is 13.2 Å². The van der Waals surface area contributed by atoms with Gasteiger partial charge in [-0.3, -0.25) is 9.10 Å². The average Bonchev–Trinajstić information content (AvgIpc) is 2.77. The Bertz CT molecular complexity index is 1150. The highest BCUT2D eigenvalue weighted by Crippen LogP contribution is 2.23. The number of nitrogens with one attached hydrogen (secondary N) is 1.